The van der Waals surface area contributed by atoms with Gasteiger partial charge in [0.2, 0.25) is 0 Å². The molecule has 0 spiro atoms. The highest BCUT2D eigenvalue weighted by Crippen LogP contribution is 2.30. The Kier molecular flexibility index (Phi) is 5.26. The van der Waals surface area contributed by atoms with Crippen molar-refractivity contribution in [3.63, 3.8) is 0 Å². The lowest BCUT2D eigenvalue weighted by atomic mass is 9.85. The molecule has 0 aromatic carbocycles. The zero-order chi connectivity index (χ0) is 12.1. The maximum Gasteiger partial charge on any atom is 0.0988 e. The topological polar surface area (TPSA) is 44.5 Å². The number of rotatable bonds is 5. The van der Waals surface area contributed by atoms with E-state index in [9.17, 15) is 0 Å². The van der Waals surface area contributed by atoms with Crippen LogP contribution in [-0.2, 0) is 9.47 Å². The van der Waals surface area contributed by atoms with Gasteiger partial charge in [0.15, 0.2) is 0 Å². The van der Waals surface area contributed by atoms with Crippen LogP contribution in [0.5, 0.6) is 0 Å². The van der Waals surface area contributed by atoms with E-state index in [0.717, 1.165) is 19.4 Å². The van der Waals surface area contributed by atoms with Crippen LogP contribution in [0, 0.1) is 0 Å². The predicted molar refractivity (Wildman–Crippen MR) is 69.0 cm³/mol. The second-order valence-electron chi connectivity index (χ2n) is 5.52. The highest BCUT2D eigenvalue weighted by atomic mass is 16.6. The lowest BCUT2D eigenvalue weighted by molar-refractivity contribution is -0.163. The Balaban J connectivity index is 1.73. The van der Waals surface area contributed by atoms with Crippen LogP contribution in [0.3, 0.4) is 0 Å². The van der Waals surface area contributed by atoms with Gasteiger partial charge in [0, 0.05) is 12.6 Å². The van der Waals surface area contributed by atoms with Crippen LogP contribution in [0.4, 0.5) is 0 Å². The van der Waals surface area contributed by atoms with Gasteiger partial charge in [-0.05, 0) is 25.7 Å². The third kappa shape index (κ3) is 3.67. The Morgan fingerprint density at radius 2 is 1.82 bits per heavy atom. The Labute approximate surface area is 105 Å². The molecule has 3 nitrogen and oxygen atoms in total. The summed E-state index contributed by atoms with van der Waals surface area (Å²) in [5, 5.41) is 0. The predicted octanol–water partition coefficient (Wildman–Crippen LogP) is 2.62. The molecule has 0 saturated heterocycles. The Morgan fingerprint density at radius 3 is 2.41 bits per heavy atom. The molecule has 3 heteroatoms. The van der Waals surface area contributed by atoms with E-state index in [1.165, 1.54) is 38.5 Å². The molecule has 3 atom stereocenters. The molecule has 2 fully saturated rings. The summed E-state index contributed by atoms with van der Waals surface area (Å²) < 4.78 is 12.0. The van der Waals surface area contributed by atoms with Gasteiger partial charge >= 0.3 is 0 Å². The van der Waals surface area contributed by atoms with Gasteiger partial charge in [-0.25, -0.2) is 0 Å². The van der Waals surface area contributed by atoms with Crippen LogP contribution in [0.1, 0.15) is 58.3 Å². The van der Waals surface area contributed by atoms with Crippen molar-refractivity contribution in [2.45, 2.75) is 82.6 Å². The van der Waals surface area contributed by atoms with Crippen molar-refractivity contribution in [2.24, 2.45) is 5.73 Å². The minimum Gasteiger partial charge on any atom is -0.374 e. The minimum atomic E-state index is 0.151. The summed E-state index contributed by atoms with van der Waals surface area (Å²) in [6.07, 6.45) is 10.8. The maximum absolute atomic E-state index is 6.18. The van der Waals surface area contributed by atoms with E-state index in [1.807, 2.05) is 0 Å². The van der Waals surface area contributed by atoms with E-state index in [4.69, 9.17) is 15.2 Å². The molecule has 0 amide bonds. The molecule has 0 radical (unpaired) electrons. The van der Waals surface area contributed by atoms with Gasteiger partial charge in [-0.3, -0.25) is 0 Å². The first-order valence-corrected chi connectivity index (χ1v) is 7.34. The summed E-state index contributed by atoms with van der Waals surface area (Å²) >= 11 is 0. The average molecular weight is 241 g/mol. The van der Waals surface area contributed by atoms with Crippen molar-refractivity contribution in [3.8, 4) is 0 Å². The van der Waals surface area contributed by atoms with Crippen molar-refractivity contribution in [2.75, 3.05) is 6.61 Å². The molecule has 100 valence electrons. The molecule has 3 unspecified atom stereocenters. The van der Waals surface area contributed by atoms with Gasteiger partial charge in [0.05, 0.1) is 18.3 Å². The van der Waals surface area contributed by atoms with Gasteiger partial charge in [0.1, 0.15) is 0 Å². The van der Waals surface area contributed by atoms with Crippen molar-refractivity contribution >= 4 is 0 Å². The second-order valence-corrected chi connectivity index (χ2v) is 5.52. The number of hydrogen-bond acceptors (Lipinski definition) is 3. The van der Waals surface area contributed by atoms with Crippen molar-refractivity contribution in [3.05, 3.63) is 0 Å². The standard InChI is InChI=1S/C14H27NO2/c1-2-9-16-14-12(15)10-13(14)17-11-7-5-3-4-6-8-11/h11-14H,2-10,15H2,1H3. The molecule has 2 rings (SSSR count). The summed E-state index contributed by atoms with van der Waals surface area (Å²) in [6, 6.07) is 0.192. The lowest BCUT2D eigenvalue weighted by Crippen LogP contribution is -2.59. The normalized spacial score (nSPS) is 35.3. The first-order chi connectivity index (χ1) is 8.31. The average Bonchev–Trinajstić information content (AvgIpc) is 2.57. The molecule has 0 aromatic rings. The van der Waals surface area contributed by atoms with Crippen LogP contribution < -0.4 is 5.73 Å². The third-order valence-electron chi connectivity index (χ3n) is 3.98. The zero-order valence-corrected chi connectivity index (χ0v) is 11.1. The highest BCUT2D eigenvalue weighted by Gasteiger charge is 2.41. The fraction of sp³-hybridized carbons (Fsp3) is 1.00. The summed E-state index contributed by atoms with van der Waals surface area (Å²) in [6.45, 7) is 2.94. The van der Waals surface area contributed by atoms with Crippen molar-refractivity contribution in [1.29, 1.82) is 0 Å². The van der Waals surface area contributed by atoms with Crippen LogP contribution in [0.15, 0.2) is 0 Å². The van der Waals surface area contributed by atoms with E-state index in [2.05, 4.69) is 6.92 Å². The first-order valence-electron chi connectivity index (χ1n) is 7.34. The largest absolute Gasteiger partial charge is 0.374 e. The third-order valence-corrected chi connectivity index (χ3v) is 3.98. The van der Waals surface area contributed by atoms with Gasteiger partial charge in [-0.1, -0.05) is 32.6 Å². The smallest absolute Gasteiger partial charge is 0.0988 e. The van der Waals surface area contributed by atoms with E-state index in [0.29, 0.717) is 6.10 Å². The van der Waals surface area contributed by atoms with E-state index in [-0.39, 0.29) is 18.2 Å². The Morgan fingerprint density at radius 1 is 1.12 bits per heavy atom. The van der Waals surface area contributed by atoms with E-state index < -0.39 is 0 Å². The van der Waals surface area contributed by atoms with Crippen LogP contribution >= 0.6 is 0 Å². The molecular weight excluding hydrogens is 214 g/mol. The molecule has 2 N–H and O–H groups in total. The van der Waals surface area contributed by atoms with Gasteiger partial charge in [0.25, 0.3) is 0 Å². The molecular formula is C14H27NO2. The summed E-state index contributed by atoms with van der Waals surface area (Å²) in [5.74, 6) is 0. The second kappa shape index (κ2) is 6.72. The molecule has 0 heterocycles. The monoisotopic (exact) mass is 241 g/mol. The molecule has 0 aliphatic heterocycles. The van der Waals surface area contributed by atoms with Gasteiger partial charge in [-0.2, -0.15) is 0 Å². The maximum atomic E-state index is 6.18. The molecule has 2 saturated carbocycles. The number of hydrogen-bond donors (Lipinski definition) is 1. The summed E-state index contributed by atoms with van der Waals surface area (Å²) in [7, 11) is 0. The minimum absolute atomic E-state index is 0.151. The Bertz CT molecular complexity index is 214. The molecule has 0 aromatic heterocycles. The fourth-order valence-electron chi connectivity index (χ4n) is 2.86. The lowest BCUT2D eigenvalue weighted by Gasteiger charge is -2.43. The molecule has 0 bridgehead atoms. The summed E-state index contributed by atoms with van der Waals surface area (Å²) in [4.78, 5) is 0. The van der Waals surface area contributed by atoms with Crippen LogP contribution in [-0.4, -0.2) is 31.0 Å². The number of nitrogens with two attached hydrogens (primary N) is 1. The zero-order valence-electron chi connectivity index (χ0n) is 11.1. The van der Waals surface area contributed by atoms with Crippen LogP contribution in [0.25, 0.3) is 0 Å². The molecule has 2 aliphatic rings. The molecule has 2 aliphatic carbocycles. The van der Waals surface area contributed by atoms with Gasteiger partial charge in [-0.15, -0.1) is 0 Å². The number of ether oxygens (including phenoxy) is 2. The SMILES string of the molecule is CCCOC1C(N)CC1OC1CCCCCC1. The van der Waals surface area contributed by atoms with Crippen molar-refractivity contribution in [1.82, 2.24) is 0 Å². The highest BCUT2D eigenvalue weighted by molar-refractivity contribution is 4.95. The van der Waals surface area contributed by atoms with E-state index >= 15 is 0 Å². The fourth-order valence-corrected chi connectivity index (χ4v) is 2.86. The van der Waals surface area contributed by atoms with Gasteiger partial charge < -0.3 is 15.2 Å². The Hall–Kier alpha value is -0.120. The van der Waals surface area contributed by atoms with Crippen molar-refractivity contribution < 1.29 is 9.47 Å². The first kappa shape index (κ1) is 13.3. The summed E-state index contributed by atoms with van der Waals surface area (Å²) in [5.41, 5.74) is 5.98. The quantitative estimate of drug-likeness (QED) is 0.753. The molecule has 17 heavy (non-hydrogen) atoms. The van der Waals surface area contributed by atoms with Crippen LogP contribution in [0.2, 0.25) is 0 Å². The van der Waals surface area contributed by atoms with E-state index in [1.54, 1.807) is 0 Å².